The fourth-order valence-electron chi connectivity index (χ4n) is 3.03. The second-order valence-electron chi connectivity index (χ2n) is 6.68. The molecule has 3 aromatic rings. The molecule has 0 saturated heterocycles. The molecule has 0 aliphatic rings. The van der Waals surface area contributed by atoms with E-state index in [4.69, 9.17) is 11.6 Å². The summed E-state index contributed by atoms with van der Waals surface area (Å²) in [5.74, 6) is 0.776. The standard InChI is InChI=1S/C18H23ClN6O2S/c1-10(2)12-9-14(20-17-16(12)11(3)22-24(17)4)25(7-8-26)23-18(27)21-15-6-5-13(19)28-15/h5-6,9-10,26H,7-8H2,1-4H3,(H2,21,23,27). The predicted molar refractivity (Wildman–Crippen MR) is 113 cm³/mol. The highest BCUT2D eigenvalue weighted by molar-refractivity contribution is 7.20. The largest absolute Gasteiger partial charge is 0.394 e. The van der Waals surface area contributed by atoms with Crippen molar-refractivity contribution in [1.29, 1.82) is 0 Å². The van der Waals surface area contributed by atoms with E-state index in [2.05, 4.69) is 34.7 Å². The summed E-state index contributed by atoms with van der Waals surface area (Å²) >= 11 is 7.16. The number of hydrogen-bond acceptors (Lipinski definition) is 6. The van der Waals surface area contributed by atoms with Crippen molar-refractivity contribution in [2.45, 2.75) is 26.7 Å². The number of halogens is 1. The molecule has 0 aromatic carbocycles. The molecule has 0 fully saturated rings. The van der Waals surface area contributed by atoms with Gasteiger partial charge in [0.25, 0.3) is 0 Å². The fourth-order valence-corrected chi connectivity index (χ4v) is 3.97. The summed E-state index contributed by atoms with van der Waals surface area (Å²) in [6.45, 7) is 6.20. The second kappa shape index (κ2) is 8.34. The molecule has 0 aliphatic heterocycles. The number of aliphatic hydroxyl groups excluding tert-OH is 1. The van der Waals surface area contributed by atoms with E-state index < -0.39 is 6.03 Å². The number of nitrogens with zero attached hydrogens (tertiary/aromatic N) is 4. The molecule has 0 spiro atoms. The van der Waals surface area contributed by atoms with Crippen LogP contribution in [0.5, 0.6) is 0 Å². The van der Waals surface area contributed by atoms with Gasteiger partial charge in [-0.25, -0.2) is 15.2 Å². The average molecular weight is 423 g/mol. The summed E-state index contributed by atoms with van der Waals surface area (Å²) in [6.07, 6.45) is 0. The van der Waals surface area contributed by atoms with Gasteiger partial charge in [-0.05, 0) is 36.6 Å². The first kappa shape index (κ1) is 20.4. The number of carbonyl (C=O) groups excluding carboxylic acids is 1. The molecule has 0 atom stereocenters. The monoisotopic (exact) mass is 422 g/mol. The van der Waals surface area contributed by atoms with E-state index >= 15 is 0 Å². The van der Waals surface area contributed by atoms with Crippen LogP contribution in [0.3, 0.4) is 0 Å². The Balaban J connectivity index is 1.93. The van der Waals surface area contributed by atoms with Gasteiger partial charge >= 0.3 is 6.03 Å². The van der Waals surface area contributed by atoms with Crippen LogP contribution in [0.4, 0.5) is 15.6 Å². The van der Waals surface area contributed by atoms with Gasteiger partial charge in [-0.15, -0.1) is 11.3 Å². The first-order chi connectivity index (χ1) is 13.3. The molecule has 0 saturated carbocycles. The second-order valence-corrected chi connectivity index (χ2v) is 8.39. The normalized spacial score (nSPS) is 11.2. The lowest BCUT2D eigenvalue weighted by Gasteiger charge is -2.24. The number of thiophene rings is 1. The molecular formula is C18H23ClN6O2S. The maximum atomic E-state index is 12.4. The summed E-state index contributed by atoms with van der Waals surface area (Å²) in [6, 6.07) is 4.92. The van der Waals surface area contributed by atoms with Crippen LogP contribution in [0.1, 0.15) is 31.0 Å². The molecule has 0 aliphatic carbocycles. The number of carbonyl (C=O) groups is 1. The van der Waals surface area contributed by atoms with E-state index in [0.29, 0.717) is 15.2 Å². The van der Waals surface area contributed by atoms with Crippen molar-refractivity contribution in [3.05, 3.63) is 33.8 Å². The van der Waals surface area contributed by atoms with Gasteiger partial charge in [0.05, 0.1) is 28.2 Å². The molecular weight excluding hydrogens is 400 g/mol. The third-order valence-electron chi connectivity index (χ3n) is 4.25. The minimum absolute atomic E-state index is 0.147. The Morgan fingerprint density at radius 2 is 2.18 bits per heavy atom. The number of pyridine rings is 1. The van der Waals surface area contributed by atoms with Gasteiger partial charge in [0.2, 0.25) is 0 Å². The summed E-state index contributed by atoms with van der Waals surface area (Å²) in [7, 11) is 1.84. The number of aryl methyl sites for hydroxylation is 2. The van der Waals surface area contributed by atoms with E-state index in [1.807, 2.05) is 20.0 Å². The molecule has 3 aromatic heterocycles. The quantitative estimate of drug-likeness (QED) is 0.527. The molecule has 0 bridgehead atoms. The van der Waals surface area contributed by atoms with Gasteiger partial charge in [-0.1, -0.05) is 25.4 Å². The van der Waals surface area contributed by atoms with Crippen molar-refractivity contribution in [3.8, 4) is 0 Å². The van der Waals surface area contributed by atoms with E-state index in [-0.39, 0.29) is 19.1 Å². The maximum Gasteiger partial charge on any atom is 0.338 e. The average Bonchev–Trinajstić information content (AvgIpc) is 3.16. The Kier molecular flexibility index (Phi) is 6.07. The zero-order valence-corrected chi connectivity index (χ0v) is 17.7. The molecule has 10 heteroatoms. The van der Waals surface area contributed by atoms with Gasteiger partial charge < -0.3 is 5.11 Å². The molecule has 3 rings (SSSR count). The van der Waals surface area contributed by atoms with Crippen molar-refractivity contribution in [1.82, 2.24) is 20.2 Å². The fraction of sp³-hybridized carbons (Fsp3) is 0.389. The molecule has 3 heterocycles. The molecule has 8 nitrogen and oxygen atoms in total. The third-order valence-corrected chi connectivity index (χ3v) is 5.40. The highest BCUT2D eigenvalue weighted by Gasteiger charge is 2.19. The summed E-state index contributed by atoms with van der Waals surface area (Å²) < 4.78 is 2.31. The Bertz CT molecular complexity index is 1000. The topological polar surface area (TPSA) is 95.3 Å². The van der Waals surface area contributed by atoms with Gasteiger partial charge in [-0.2, -0.15) is 5.10 Å². The number of aliphatic hydroxyl groups is 1. The van der Waals surface area contributed by atoms with E-state index in [9.17, 15) is 9.90 Å². The Morgan fingerprint density at radius 3 is 2.79 bits per heavy atom. The number of hydrogen-bond donors (Lipinski definition) is 3. The lowest BCUT2D eigenvalue weighted by atomic mass is 10.00. The number of nitrogens with one attached hydrogen (secondary N) is 2. The van der Waals surface area contributed by atoms with Crippen LogP contribution in [-0.2, 0) is 7.05 Å². The zero-order valence-electron chi connectivity index (χ0n) is 16.2. The summed E-state index contributed by atoms with van der Waals surface area (Å²) in [4.78, 5) is 17.1. The van der Waals surface area contributed by atoms with Crippen LogP contribution in [0.15, 0.2) is 18.2 Å². The summed E-state index contributed by atoms with van der Waals surface area (Å²) in [5.41, 5.74) is 5.47. The Labute approximate surface area is 172 Å². The first-order valence-corrected chi connectivity index (χ1v) is 10.0. The van der Waals surface area contributed by atoms with Gasteiger partial charge in [-0.3, -0.25) is 15.0 Å². The number of anilines is 2. The number of aromatic nitrogens is 3. The molecule has 0 unspecified atom stereocenters. The van der Waals surface area contributed by atoms with Crippen LogP contribution < -0.4 is 15.8 Å². The molecule has 0 radical (unpaired) electrons. The number of rotatable bonds is 6. The van der Waals surface area contributed by atoms with Crippen LogP contribution in [-0.4, -0.2) is 39.1 Å². The Hall–Kier alpha value is -2.36. The minimum Gasteiger partial charge on any atom is -0.394 e. The molecule has 28 heavy (non-hydrogen) atoms. The van der Waals surface area contributed by atoms with Crippen molar-refractivity contribution in [2.75, 3.05) is 23.5 Å². The molecule has 2 amide bonds. The lowest BCUT2D eigenvalue weighted by molar-refractivity contribution is 0.248. The highest BCUT2D eigenvalue weighted by Crippen LogP contribution is 2.30. The van der Waals surface area contributed by atoms with Crippen molar-refractivity contribution in [2.24, 2.45) is 7.05 Å². The minimum atomic E-state index is -0.443. The van der Waals surface area contributed by atoms with E-state index in [1.165, 1.54) is 16.3 Å². The van der Waals surface area contributed by atoms with Gasteiger partial charge in [0.1, 0.15) is 5.82 Å². The third kappa shape index (κ3) is 4.21. The smallest absolute Gasteiger partial charge is 0.338 e. The highest BCUT2D eigenvalue weighted by atomic mass is 35.5. The SMILES string of the molecule is Cc1nn(C)c2nc(N(CCO)NC(=O)Nc3ccc(Cl)s3)cc(C(C)C)c12. The summed E-state index contributed by atoms with van der Waals surface area (Å²) in [5, 5.41) is 19.8. The first-order valence-electron chi connectivity index (χ1n) is 8.85. The van der Waals surface area contributed by atoms with Crippen molar-refractivity contribution >= 4 is 50.8 Å². The van der Waals surface area contributed by atoms with E-state index in [0.717, 1.165) is 22.3 Å². The van der Waals surface area contributed by atoms with Crippen LogP contribution in [0, 0.1) is 6.92 Å². The van der Waals surface area contributed by atoms with Crippen molar-refractivity contribution in [3.63, 3.8) is 0 Å². The van der Waals surface area contributed by atoms with Gasteiger partial charge in [0.15, 0.2) is 5.65 Å². The number of fused-ring (bicyclic) bond motifs is 1. The number of amides is 2. The van der Waals surface area contributed by atoms with Crippen LogP contribution >= 0.6 is 22.9 Å². The Morgan fingerprint density at radius 1 is 1.43 bits per heavy atom. The number of urea groups is 1. The van der Waals surface area contributed by atoms with E-state index in [1.54, 1.807) is 16.8 Å². The maximum absolute atomic E-state index is 12.4. The molecule has 3 N–H and O–H groups in total. The van der Waals surface area contributed by atoms with Crippen LogP contribution in [0.2, 0.25) is 4.34 Å². The molecule has 150 valence electrons. The van der Waals surface area contributed by atoms with Crippen molar-refractivity contribution < 1.29 is 9.90 Å². The zero-order chi connectivity index (χ0) is 20.4. The van der Waals surface area contributed by atoms with Crippen LogP contribution in [0.25, 0.3) is 11.0 Å². The predicted octanol–water partition coefficient (Wildman–Crippen LogP) is 3.65. The lowest BCUT2D eigenvalue weighted by Crippen LogP contribution is -2.46. The van der Waals surface area contributed by atoms with Gasteiger partial charge in [0, 0.05) is 12.4 Å². The number of hydrazine groups is 1.